The van der Waals surface area contributed by atoms with Gasteiger partial charge in [-0.2, -0.15) is 0 Å². The quantitative estimate of drug-likeness (QED) is 0.892. The van der Waals surface area contributed by atoms with Crippen LogP contribution >= 0.6 is 11.3 Å². The summed E-state index contributed by atoms with van der Waals surface area (Å²) in [6, 6.07) is 2.03. The summed E-state index contributed by atoms with van der Waals surface area (Å²) >= 11 is 1.46. The van der Waals surface area contributed by atoms with Crippen molar-refractivity contribution in [2.45, 2.75) is 20.4 Å². The number of benzene rings is 1. The maximum atomic E-state index is 13.7. The molecule has 7 heteroatoms. The lowest BCUT2D eigenvalue weighted by atomic mass is 10.1. The molecule has 0 saturated heterocycles. The molecule has 0 bridgehead atoms. The number of rotatable bonds is 5. The summed E-state index contributed by atoms with van der Waals surface area (Å²) in [4.78, 5) is 17.0. The summed E-state index contributed by atoms with van der Waals surface area (Å²) in [5, 5.41) is 5.91. The Hall–Kier alpha value is -2.02. The maximum Gasteiger partial charge on any atom is 0.251 e. The van der Waals surface area contributed by atoms with Crippen LogP contribution in [-0.4, -0.2) is 17.4 Å². The van der Waals surface area contributed by atoms with Gasteiger partial charge in [-0.05, 0) is 26.0 Å². The third kappa shape index (κ3) is 3.75. The molecule has 0 saturated carbocycles. The van der Waals surface area contributed by atoms with E-state index in [1.54, 1.807) is 13.1 Å². The number of carbonyl (C=O) groups is 1. The van der Waals surface area contributed by atoms with Gasteiger partial charge in [-0.3, -0.25) is 4.79 Å². The molecule has 1 aromatic carbocycles. The first-order valence-electron chi connectivity index (χ1n) is 6.43. The van der Waals surface area contributed by atoms with Gasteiger partial charge in [0.25, 0.3) is 5.91 Å². The minimum Gasteiger partial charge on any atom is -0.381 e. The Morgan fingerprint density at radius 2 is 2.00 bits per heavy atom. The normalized spacial score (nSPS) is 10.5. The van der Waals surface area contributed by atoms with Crippen molar-refractivity contribution < 1.29 is 13.6 Å². The van der Waals surface area contributed by atoms with Gasteiger partial charge in [0, 0.05) is 23.2 Å². The van der Waals surface area contributed by atoms with Gasteiger partial charge in [0.05, 0.1) is 6.54 Å². The van der Waals surface area contributed by atoms with Gasteiger partial charge in [0.2, 0.25) is 0 Å². The van der Waals surface area contributed by atoms with Crippen LogP contribution in [0.2, 0.25) is 0 Å². The van der Waals surface area contributed by atoms with Crippen molar-refractivity contribution in [1.29, 1.82) is 0 Å². The smallest absolute Gasteiger partial charge is 0.251 e. The molecule has 0 unspecified atom stereocenters. The summed E-state index contributed by atoms with van der Waals surface area (Å²) in [6.45, 7) is 4.26. The molecule has 2 N–H and O–H groups in total. The predicted octanol–water partition coefficient (Wildman–Crippen LogP) is 3.09. The van der Waals surface area contributed by atoms with E-state index in [0.29, 0.717) is 6.54 Å². The monoisotopic (exact) mass is 311 g/mol. The molecule has 0 radical (unpaired) electrons. The van der Waals surface area contributed by atoms with Crippen molar-refractivity contribution in [3.05, 3.63) is 45.4 Å². The number of thiazole rings is 1. The van der Waals surface area contributed by atoms with Crippen LogP contribution in [0.1, 0.15) is 27.2 Å². The van der Waals surface area contributed by atoms with Crippen LogP contribution in [0.4, 0.5) is 14.5 Å². The summed E-state index contributed by atoms with van der Waals surface area (Å²) in [5.41, 5.74) is -0.274. The van der Waals surface area contributed by atoms with Gasteiger partial charge in [0.15, 0.2) is 0 Å². The van der Waals surface area contributed by atoms with E-state index in [9.17, 15) is 13.6 Å². The minimum absolute atomic E-state index is 0.0556. The molecule has 4 nitrogen and oxygen atoms in total. The second-order valence-electron chi connectivity index (χ2n) is 4.39. The number of hydrogen-bond acceptors (Lipinski definition) is 4. The number of hydrogen-bond donors (Lipinski definition) is 2. The van der Waals surface area contributed by atoms with Crippen LogP contribution in [0.5, 0.6) is 0 Å². The lowest BCUT2D eigenvalue weighted by Crippen LogP contribution is -2.23. The molecule has 1 amide bonds. The van der Waals surface area contributed by atoms with Crippen molar-refractivity contribution in [3.8, 4) is 0 Å². The van der Waals surface area contributed by atoms with E-state index in [1.165, 1.54) is 11.3 Å². The molecule has 0 aliphatic carbocycles. The topological polar surface area (TPSA) is 54.0 Å². The molecule has 112 valence electrons. The van der Waals surface area contributed by atoms with Crippen molar-refractivity contribution in [1.82, 2.24) is 10.3 Å². The molecular weight excluding hydrogens is 296 g/mol. The SMILES string of the molecule is CCNc1c(F)cc(C(=O)NCc2ncc(C)s2)cc1F. The first-order chi connectivity index (χ1) is 10.0. The van der Waals surface area contributed by atoms with E-state index >= 15 is 0 Å². The first-order valence-corrected chi connectivity index (χ1v) is 7.25. The van der Waals surface area contributed by atoms with E-state index in [4.69, 9.17) is 0 Å². The van der Waals surface area contributed by atoms with Crippen LogP contribution in [0.3, 0.4) is 0 Å². The predicted molar refractivity (Wildman–Crippen MR) is 78.5 cm³/mol. The van der Waals surface area contributed by atoms with Gasteiger partial charge >= 0.3 is 0 Å². The zero-order chi connectivity index (χ0) is 15.4. The Morgan fingerprint density at radius 3 is 2.52 bits per heavy atom. The number of anilines is 1. The Morgan fingerprint density at radius 1 is 1.33 bits per heavy atom. The van der Waals surface area contributed by atoms with Gasteiger partial charge in [-0.15, -0.1) is 11.3 Å². The van der Waals surface area contributed by atoms with E-state index < -0.39 is 17.5 Å². The lowest BCUT2D eigenvalue weighted by molar-refractivity contribution is 0.0950. The Bertz CT molecular complexity index is 634. The number of halogens is 2. The second-order valence-corrected chi connectivity index (χ2v) is 5.71. The highest BCUT2D eigenvalue weighted by atomic mass is 32.1. The number of aryl methyl sites for hydroxylation is 1. The second kappa shape index (κ2) is 6.62. The Labute approximate surface area is 125 Å². The molecule has 0 aliphatic rings. The standard InChI is InChI=1S/C14H15F2N3OS/c1-3-17-13-10(15)4-9(5-11(13)16)14(20)19-7-12-18-6-8(2)21-12/h4-6,17H,3,7H2,1-2H3,(H,19,20). The van der Waals surface area contributed by atoms with Crippen LogP contribution in [-0.2, 0) is 6.54 Å². The average Bonchev–Trinajstić information content (AvgIpc) is 2.85. The largest absolute Gasteiger partial charge is 0.381 e. The van der Waals surface area contributed by atoms with Crippen molar-refractivity contribution in [2.75, 3.05) is 11.9 Å². The number of nitrogens with one attached hydrogen (secondary N) is 2. The molecular formula is C14H15F2N3OS. The summed E-state index contributed by atoms with van der Waals surface area (Å²) < 4.78 is 27.5. The first kappa shape index (κ1) is 15.4. The molecule has 0 atom stereocenters. The fourth-order valence-corrected chi connectivity index (χ4v) is 2.52. The van der Waals surface area contributed by atoms with Crippen molar-refractivity contribution in [2.24, 2.45) is 0 Å². The molecule has 1 aromatic heterocycles. The molecule has 0 fully saturated rings. The number of nitrogens with zero attached hydrogens (tertiary/aromatic N) is 1. The summed E-state index contributed by atoms with van der Waals surface area (Å²) in [7, 11) is 0. The van der Waals surface area contributed by atoms with E-state index in [1.807, 2.05) is 6.92 Å². The Balaban J connectivity index is 2.08. The third-order valence-electron chi connectivity index (χ3n) is 2.73. The highest BCUT2D eigenvalue weighted by Crippen LogP contribution is 2.20. The third-order valence-corrected chi connectivity index (χ3v) is 3.64. The zero-order valence-corrected chi connectivity index (χ0v) is 12.5. The number of amides is 1. The van der Waals surface area contributed by atoms with Crippen LogP contribution in [0.15, 0.2) is 18.3 Å². The fourth-order valence-electron chi connectivity index (χ4n) is 1.79. The average molecular weight is 311 g/mol. The molecule has 2 rings (SSSR count). The Kier molecular flexibility index (Phi) is 4.85. The number of carbonyl (C=O) groups excluding carboxylic acids is 1. The highest BCUT2D eigenvalue weighted by molar-refractivity contribution is 7.11. The van der Waals surface area contributed by atoms with Crippen molar-refractivity contribution >= 4 is 22.9 Å². The van der Waals surface area contributed by atoms with Crippen LogP contribution in [0, 0.1) is 18.6 Å². The van der Waals surface area contributed by atoms with Gasteiger partial charge in [0.1, 0.15) is 22.3 Å². The van der Waals surface area contributed by atoms with E-state index in [2.05, 4.69) is 15.6 Å². The summed E-state index contributed by atoms with van der Waals surface area (Å²) in [5.74, 6) is -2.11. The molecule has 1 heterocycles. The summed E-state index contributed by atoms with van der Waals surface area (Å²) in [6.07, 6.45) is 1.71. The fraction of sp³-hybridized carbons (Fsp3) is 0.286. The van der Waals surface area contributed by atoms with Crippen molar-refractivity contribution in [3.63, 3.8) is 0 Å². The zero-order valence-electron chi connectivity index (χ0n) is 11.7. The molecule has 0 aliphatic heterocycles. The van der Waals surface area contributed by atoms with Gasteiger partial charge in [-0.1, -0.05) is 0 Å². The van der Waals surface area contributed by atoms with Crippen LogP contribution in [0.25, 0.3) is 0 Å². The molecule has 2 aromatic rings. The van der Waals surface area contributed by atoms with E-state index in [0.717, 1.165) is 22.0 Å². The molecule has 21 heavy (non-hydrogen) atoms. The molecule has 0 spiro atoms. The lowest BCUT2D eigenvalue weighted by Gasteiger charge is -2.09. The minimum atomic E-state index is -0.785. The maximum absolute atomic E-state index is 13.7. The van der Waals surface area contributed by atoms with Gasteiger partial charge < -0.3 is 10.6 Å². The van der Waals surface area contributed by atoms with E-state index in [-0.39, 0.29) is 17.8 Å². The highest BCUT2D eigenvalue weighted by Gasteiger charge is 2.15. The van der Waals surface area contributed by atoms with Gasteiger partial charge in [-0.25, -0.2) is 13.8 Å². The number of aromatic nitrogens is 1. The van der Waals surface area contributed by atoms with Crippen LogP contribution < -0.4 is 10.6 Å².